The fourth-order valence-corrected chi connectivity index (χ4v) is 3.27. The van der Waals surface area contributed by atoms with Gasteiger partial charge in [0.05, 0.1) is 6.54 Å². The number of halogens is 1. The fraction of sp³-hybridized carbons (Fsp3) is 0.529. The van der Waals surface area contributed by atoms with E-state index in [1.54, 1.807) is 11.0 Å². The highest BCUT2D eigenvalue weighted by atomic mass is 19.1. The predicted octanol–water partition coefficient (Wildman–Crippen LogP) is 2.20. The molecule has 0 atom stereocenters. The van der Waals surface area contributed by atoms with Crippen LogP contribution in [0.1, 0.15) is 24.8 Å². The maximum absolute atomic E-state index is 13.1. The van der Waals surface area contributed by atoms with Crippen LogP contribution in [0.25, 0.3) is 0 Å². The first-order valence-corrected chi connectivity index (χ1v) is 8.09. The van der Waals surface area contributed by atoms with Crippen molar-refractivity contribution in [2.75, 3.05) is 26.2 Å². The number of amides is 2. The summed E-state index contributed by atoms with van der Waals surface area (Å²) in [6.07, 6.45) is 2.29. The van der Waals surface area contributed by atoms with E-state index in [9.17, 15) is 14.0 Å². The quantitative estimate of drug-likeness (QED) is 0.854. The van der Waals surface area contributed by atoms with Gasteiger partial charge in [-0.2, -0.15) is 0 Å². The zero-order chi connectivity index (χ0) is 16.2. The Morgan fingerprint density at radius 3 is 2.70 bits per heavy atom. The highest BCUT2D eigenvalue weighted by molar-refractivity contribution is 5.76. The molecule has 0 unspecified atom stereocenters. The zero-order valence-corrected chi connectivity index (χ0v) is 13.0. The molecule has 6 heteroatoms. The topological polar surface area (TPSA) is 49.9 Å². The number of cyclic esters (lactones) is 1. The fourth-order valence-electron chi connectivity index (χ4n) is 3.27. The molecule has 0 aromatic heterocycles. The first kappa shape index (κ1) is 15.8. The Morgan fingerprint density at radius 2 is 2.04 bits per heavy atom. The number of hydrogen-bond donors (Lipinski definition) is 0. The van der Waals surface area contributed by atoms with Crippen LogP contribution < -0.4 is 0 Å². The minimum atomic E-state index is -0.270. The molecule has 23 heavy (non-hydrogen) atoms. The van der Waals surface area contributed by atoms with E-state index in [4.69, 9.17) is 4.74 Å². The molecule has 2 fully saturated rings. The SMILES string of the molecule is O=C(CCc1cccc(F)c1)N1CCC(N2CCOC2=O)CC1. The Morgan fingerprint density at radius 1 is 1.26 bits per heavy atom. The number of piperidine rings is 1. The number of hydrogen-bond acceptors (Lipinski definition) is 3. The molecular formula is C17H21FN2O3. The summed E-state index contributed by atoms with van der Waals surface area (Å²) < 4.78 is 18.1. The summed E-state index contributed by atoms with van der Waals surface area (Å²) in [6, 6.07) is 6.55. The van der Waals surface area contributed by atoms with E-state index >= 15 is 0 Å². The Balaban J connectivity index is 1.45. The minimum Gasteiger partial charge on any atom is -0.448 e. The van der Waals surface area contributed by atoms with Crippen molar-refractivity contribution in [2.24, 2.45) is 0 Å². The van der Waals surface area contributed by atoms with Crippen LogP contribution in [0.4, 0.5) is 9.18 Å². The number of carbonyl (C=O) groups excluding carboxylic acids is 2. The van der Waals surface area contributed by atoms with Crippen LogP contribution in [0, 0.1) is 5.82 Å². The largest absolute Gasteiger partial charge is 0.448 e. The third-order valence-corrected chi connectivity index (χ3v) is 4.57. The lowest BCUT2D eigenvalue weighted by atomic mass is 10.0. The van der Waals surface area contributed by atoms with Crippen molar-refractivity contribution in [3.8, 4) is 0 Å². The van der Waals surface area contributed by atoms with Gasteiger partial charge in [0.25, 0.3) is 0 Å². The normalized spacial score (nSPS) is 19.1. The first-order chi connectivity index (χ1) is 11.1. The number of nitrogens with zero attached hydrogens (tertiary/aromatic N) is 2. The van der Waals surface area contributed by atoms with Gasteiger partial charge in [-0.25, -0.2) is 9.18 Å². The lowest BCUT2D eigenvalue weighted by Gasteiger charge is -2.35. The van der Waals surface area contributed by atoms with Crippen LogP contribution in [0.3, 0.4) is 0 Å². The molecule has 0 saturated carbocycles. The second kappa shape index (κ2) is 6.98. The Kier molecular flexibility index (Phi) is 4.79. The van der Waals surface area contributed by atoms with Crippen LogP contribution in [0.15, 0.2) is 24.3 Å². The van der Waals surface area contributed by atoms with Gasteiger partial charge in [0, 0.05) is 25.6 Å². The van der Waals surface area contributed by atoms with Crippen molar-refractivity contribution in [1.82, 2.24) is 9.80 Å². The highest BCUT2D eigenvalue weighted by Gasteiger charge is 2.33. The van der Waals surface area contributed by atoms with E-state index < -0.39 is 0 Å². The first-order valence-electron chi connectivity index (χ1n) is 8.09. The van der Waals surface area contributed by atoms with Crippen molar-refractivity contribution in [3.63, 3.8) is 0 Å². The van der Waals surface area contributed by atoms with Crippen LogP contribution in [0.5, 0.6) is 0 Å². The van der Waals surface area contributed by atoms with Crippen LogP contribution >= 0.6 is 0 Å². The van der Waals surface area contributed by atoms with Gasteiger partial charge in [0.1, 0.15) is 12.4 Å². The van der Waals surface area contributed by atoms with E-state index in [1.807, 2.05) is 11.0 Å². The van der Waals surface area contributed by atoms with Gasteiger partial charge >= 0.3 is 6.09 Å². The van der Waals surface area contributed by atoms with Gasteiger partial charge in [-0.15, -0.1) is 0 Å². The van der Waals surface area contributed by atoms with Gasteiger partial charge in [0.15, 0.2) is 0 Å². The number of likely N-dealkylation sites (tertiary alicyclic amines) is 1. The maximum Gasteiger partial charge on any atom is 0.410 e. The Hall–Kier alpha value is -2.11. The maximum atomic E-state index is 13.1. The molecule has 0 radical (unpaired) electrons. The summed E-state index contributed by atoms with van der Waals surface area (Å²) in [5, 5.41) is 0. The monoisotopic (exact) mass is 320 g/mol. The zero-order valence-electron chi connectivity index (χ0n) is 13.0. The summed E-state index contributed by atoms with van der Waals surface area (Å²) in [6.45, 7) is 2.44. The summed E-state index contributed by atoms with van der Waals surface area (Å²) in [4.78, 5) is 27.5. The molecule has 2 aliphatic heterocycles. The van der Waals surface area contributed by atoms with E-state index in [2.05, 4.69) is 0 Å². The summed E-state index contributed by atoms with van der Waals surface area (Å²) in [5.41, 5.74) is 0.841. The lowest BCUT2D eigenvalue weighted by molar-refractivity contribution is -0.132. The van der Waals surface area contributed by atoms with Gasteiger partial charge in [0.2, 0.25) is 5.91 Å². The third-order valence-electron chi connectivity index (χ3n) is 4.57. The molecule has 1 aromatic carbocycles. The van der Waals surface area contributed by atoms with Gasteiger partial charge in [-0.1, -0.05) is 12.1 Å². The van der Waals surface area contributed by atoms with Gasteiger partial charge in [-0.05, 0) is 37.0 Å². The van der Waals surface area contributed by atoms with Crippen molar-refractivity contribution < 1.29 is 18.7 Å². The number of aryl methyl sites for hydroxylation is 1. The molecule has 124 valence electrons. The Labute approximate surface area is 135 Å². The molecule has 2 saturated heterocycles. The molecule has 3 rings (SSSR count). The van der Waals surface area contributed by atoms with E-state index in [0.29, 0.717) is 39.1 Å². The number of benzene rings is 1. The molecule has 2 heterocycles. The van der Waals surface area contributed by atoms with Gasteiger partial charge < -0.3 is 14.5 Å². The molecule has 5 nitrogen and oxygen atoms in total. The predicted molar refractivity (Wildman–Crippen MR) is 82.4 cm³/mol. The second-order valence-electron chi connectivity index (χ2n) is 6.05. The molecule has 0 spiro atoms. The molecule has 2 aliphatic rings. The van der Waals surface area contributed by atoms with Gasteiger partial charge in [-0.3, -0.25) is 4.79 Å². The molecule has 0 bridgehead atoms. The molecule has 0 aliphatic carbocycles. The van der Waals surface area contributed by atoms with Crippen molar-refractivity contribution in [1.29, 1.82) is 0 Å². The second-order valence-corrected chi connectivity index (χ2v) is 6.05. The summed E-state index contributed by atoms with van der Waals surface area (Å²) in [7, 11) is 0. The summed E-state index contributed by atoms with van der Waals surface area (Å²) >= 11 is 0. The molecule has 2 amide bonds. The van der Waals surface area contributed by atoms with E-state index in [1.165, 1.54) is 12.1 Å². The molecule has 1 aromatic rings. The van der Waals surface area contributed by atoms with Crippen molar-refractivity contribution in [2.45, 2.75) is 31.7 Å². The van der Waals surface area contributed by atoms with E-state index in [0.717, 1.165) is 18.4 Å². The summed E-state index contributed by atoms with van der Waals surface area (Å²) in [5.74, 6) is -0.176. The van der Waals surface area contributed by atoms with Crippen molar-refractivity contribution >= 4 is 12.0 Å². The minimum absolute atomic E-state index is 0.0942. The number of ether oxygens (including phenoxy) is 1. The van der Waals surface area contributed by atoms with Crippen molar-refractivity contribution in [3.05, 3.63) is 35.6 Å². The lowest BCUT2D eigenvalue weighted by Crippen LogP contribution is -2.47. The average Bonchev–Trinajstić information content (AvgIpc) is 2.99. The standard InChI is InChI=1S/C17H21FN2O3/c18-14-3-1-2-13(12-14)4-5-16(21)19-8-6-15(7-9-19)20-10-11-23-17(20)22/h1-3,12,15H,4-11H2. The third kappa shape index (κ3) is 3.81. The molecule has 0 N–H and O–H groups in total. The van der Waals surface area contributed by atoms with E-state index in [-0.39, 0.29) is 23.9 Å². The average molecular weight is 320 g/mol. The molecular weight excluding hydrogens is 299 g/mol. The van der Waals surface area contributed by atoms with Crippen LogP contribution in [-0.2, 0) is 16.0 Å². The number of rotatable bonds is 4. The highest BCUT2D eigenvalue weighted by Crippen LogP contribution is 2.20. The number of carbonyl (C=O) groups is 2. The van der Waals surface area contributed by atoms with Crippen LogP contribution in [-0.4, -0.2) is 54.1 Å². The van der Waals surface area contributed by atoms with Crippen LogP contribution in [0.2, 0.25) is 0 Å². The Bertz CT molecular complexity index is 585. The smallest absolute Gasteiger partial charge is 0.410 e.